The fraction of sp³-hybridized carbons (Fsp3) is 0.143. The number of carbonyl (C=O) groups is 2. The Balaban J connectivity index is 1.55. The third-order valence-electron chi connectivity index (χ3n) is 3.74. The summed E-state index contributed by atoms with van der Waals surface area (Å²) >= 11 is 1.33. The summed E-state index contributed by atoms with van der Waals surface area (Å²) < 4.78 is 4.94. The zero-order chi connectivity index (χ0) is 19.8. The molecule has 0 fully saturated rings. The van der Waals surface area contributed by atoms with Gasteiger partial charge in [-0.2, -0.15) is 0 Å². The molecule has 1 aromatic heterocycles. The summed E-state index contributed by atoms with van der Waals surface area (Å²) in [6, 6.07) is 18.3. The first-order chi connectivity index (χ1) is 13.7. The number of hydrogen-bond donors (Lipinski definition) is 1. The van der Waals surface area contributed by atoms with E-state index < -0.39 is 0 Å². The Bertz CT molecular complexity index is 947. The number of nitrogens with zero attached hydrogens (tertiary/aromatic N) is 2. The summed E-state index contributed by atoms with van der Waals surface area (Å²) in [5, 5.41) is 3.53. The highest BCUT2D eigenvalue weighted by Gasteiger charge is 2.09. The van der Waals surface area contributed by atoms with E-state index in [1.54, 1.807) is 31.2 Å². The van der Waals surface area contributed by atoms with E-state index in [0.29, 0.717) is 17.9 Å². The average Bonchev–Trinajstić information content (AvgIpc) is 2.74. The predicted octanol–water partition coefficient (Wildman–Crippen LogP) is 4.05. The van der Waals surface area contributed by atoms with Gasteiger partial charge in [0.1, 0.15) is 11.4 Å². The molecule has 0 aliphatic carbocycles. The molecule has 0 saturated heterocycles. The number of rotatable bonds is 7. The van der Waals surface area contributed by atoms with Gasteiger partial charge in [-0.25, -0.2) is 14.8 Å². The highest BCUT2D eigenvalue weighted by atomic mass is 32.2. The number of hydrogen-bond acceptors (Lipinski definition) is 6. The van der Waals surface area contributed by atoms with E-state index in [0.717, 1.165) is 16.3 Å². The Hall–Kier alpha value is -3.19. The topological polar surface area (TPSA) is 81.2 Å². The van der Waals surface area contributed by atoms with Gasteiger partial charge in [-0.1, -0.05) is 42.1 Å². The number of carbonyl (C=O) groups excluding carboxylic acids is 2. The van der Waals surface area contributed by atoms with Crippen LogP contribution >= 0.6 is 11.8 Å². The second-order valence-corrected chi connectivity index (χ2v) is 6.74. The van der Waals surface area contributed by atoms with Gasteiger partial charge >= 0.3 is 5.97 Å². The molecule has 1 heterocycles. The van der Waals surface area contributed by atoms with Gasteiger partial charge in [0.25, 0.3) is 0 Å². The van der Waals surface area contributed by atoms with Crippen LogP contribution in [0.2, 0.25) is 0 Å². The van der Waals surface area contributed by atoms with Crippen LogP contribution in [0.4, 0.5) is 5.69 Å². The summed E-state index contributed by atoms with van der Waals surface area (Å²) in [6.45, 7) is 2.08. The van der Waals surface area contributed by atoms with Crippen molar-refractivity contribution in [1.29, 1.82) is 0 Å². The molecule has 28 heavy (non-hydrogen) atoms. The largest absolute Gasteiger partial charge is 0.462 e. The second kappa shape index (κ2) is 9.66. The zero-order valence-electron chi connectivity index (χ0n) is 15.3. The summed E-state index contributed by atoms with van der Waals surface area (Å²) in [6.07, 6.45) is 1.50. The van der Waals surface area contributed by atoms with Crippen LogP contribution in [-0.2, 0) is 9.53 Å². The molecular weight excluding hydrogens is 374 g/mol. The smallest absolute Gasteiger partial charge is 0.338 e. The maximum absolute atomic E-state index is 12.2. The average molecular weight is 393 g/mol. The van der Waals surface area contributed by atoms with Crippen LogP contribution in [0.1, 0.15) is 17.3 Å². The lowest BCUT2D eigenvalue weighted by Crippen LogP contribution is -2.14. The first-order valence-electron chi connectivity index (χ1n) is 8.73. The number of thioether (sulfide) groups is 1. The van der Waals surface area contributed by atoms with E-state index in [-0.39, 0.29) is 17.6 Å². The molecule has 0 aliphatic rings. The SMILES string of the molecule is CCOC(=O)c1ccc(NC(=O)CSc2cc(-c3ccccc3)ncn2)cc1. The van der Waals surface area contributed by atoms with Crippen molar-refractivity contribution in [2.24, 2.45) is 0 Å². The highest BCUT2D eigenvalue weighted by molar-refractivity contribution is 7.99. The Kier molecular flexibility index (Phi) is 6.75. The molecule has 0 radical (unpaired) electrons. The number of nitrogens with one attached hydrogen (secondary N) is 1. The van der Waals surface area contributed by atoms with Crippen LogP contribution in [0.5, 0.6) is 0 Å². The van der Waals surface area contributed by atoms with Crippen LogP contribution in [-0.4, -0.2) is 34.2 Å². The monoisotopic (exact) mass is 393 g/mol. The van der Waals surface area contributed by atoms with Crippen molar-refractivity contribution < 1.29 is 14.3 Å². The Labute approximate surface area is 167 Å². The minimum absolute atomic E-state index is 0.159. The van der Waals surface area contributed by atoms with Crippen molar-refractivity contribution in [2.75, 3.05) is 17.7 Å². The quantitative estimate of drug-likeness (QED) is 0.370. The van der Waals surface area contributed by atoms with Gasteiger partial charge in [-0.15, -0.1) is 0 Å². The molecule has 0 atom stereocenters. The van der Waals surface area contributed by atoms with E-state index in [1.807, 2.05) is 36.4 Å². The fourth-order valence-corrected chi connectivity index (χ4v) is 3.09. The number of esters is 1. The molecule has 3 rings (SSSR count). The minimum atomic E-state index is -0.381. The normalized spacial score (nSPS) is 10.3. The first-order valence-corrected chi connectivity index (χ1v) is 9.71. The van der Waals surface area contributed by atoms with Crippen molar-refractivity contribution in [3.8, 4) is 11.3 Å². The molecule has 0 aliphatic heterocycles. The van der Waals surface area contributed by atoms with Crippen LogP contribution in [0.3, 0.4) is 0 Å². The van der Waals surface area contributed by atoms with Crippen LogP contribution in [0.25, 0.3) is 11.3 Å². The van der Waals surface area contributed by atoms with E-state index in [4.69, 9.17) is 4.74 Å². The lowest BCUT2D eigenvalue weighted by Gasteiger charge is -2.07. The van der Waals surface area contributed by atoms with Crippen molar-refractivity contribution >= 4 is 29.3 Å². The van der Waals surface area contributed by atoms with Crippen molar-refractivity contribution in [1.82, 2.24) is 9.97 Å². The van der Waals surface area contributed by atoms with Crippen LogP contribution in [0.15, 0.2) is 72.0 Å². The molecule has 0 bridgehead atoms. The van der Waals surface area contributed by atoms with Gasteiger partial charge in [-0.3, -0.25) is 4.79 Å². The molecular formula is C21H19N3O3S. The third-order valence-corrected chi connectivity index (χ3v) is 4.67. The Morgan fingerprint density at radius 3 is 2.50 bits per heavy atom. The molecule has 0 saturated carbocycles. The van der Waals surface area contributed by atoms with E-state index >= 15 is 0 Å². The van der Waals surface area contributed by atoms with Gasteiger partial charge in [0.2, 0.25) is 5.91 Å². The summed E-state index contributed by atoms with van der Waals surface area (Å²) in [5.41, 5.74) is 2.88. The summed E-state index contributed by atoms with van der Waals surface area (Å²) in [5.74, 6) is -0.326. The number of aromatic nitrogens is 2. The molecule has 6 nitrogen and oxygen atoms in total. The first kappa shape index (κ1) is 19.6. The maximum atomic E-state index is 12.2. The van der Waals surface area contributed by atoms with Gasteiger partial charge in [0, 0.05) is 11.3 Å². The summed E-state index contributed by atoms with van der Waals surface area (Å²) in [7, 11) is 0. The van der Waals surface area contributed by atoms with Gasteiger partial charge < -0.3 is 10.1 Å². The molecule has 1 amide bonds. The Morgan fingerprint density at radius 1 is 1.04 bits per heavy atom. The van der Waals surface area contributed by atoms with E-state index in [9.17, 15) is 9.59 Å². The molecule has 0 unspecified atom stereocenters. The van der Waals surface area contributed by atoms with Crippen molar-refractivity contribution in [3.63, 3.8) is 0 Å². The number of ether oxygens (including phenoxy) is 1. The van der Waals surface area contributed by atoms with Gasteiger partial charge in [0.15, 0.2) is 0 Å². The number of anilines is 1. The molecule has 3 aromatic rings. The van der Waals surface area contributed by atoms with Crippen molar-refractivity contribution in [3.05, 3.63) is 72.6 Å². The van der Waals surface area contributed by atoms with Gasteiger partial charge in [-0.05, 0) is 37.3 Å². The lowest BCUT2D eigenvalue weighted by molar-refractivity contribution is -0.113. The number of amides is 1. The lowest BCUT2D eigenvalue weighted by atomic mass is 10.1. The van der Waals surface area contributed by atoms with Crippen LogP contribution in [0, 0.1) is 0 Å². The number of benzene rings is 2. The molecule has 7 heteroatoms. The molecule has 0 spiro atoms. The molecule has 2 aromatic carbocycles. The zero-order valence-corrected chi connectivity index (χ0v) is 16.1. The van der Waals surface area contributed by atoms with E-state index in [2.05, 4.69) is 15.3 Å². The molecule has 142 valence electrons. The fourth-order valence-electron chi connectivity index (χ4n) is 2.43. The maximum Gasteiger partial charge on any atom is 0.338 e. The standard InChI is InChI=1S/C21H19N3O3S/c1-2-27-21(26)16-8-10-17(11-9-16)24-19(25)13-28-20-12-18(22-14-23-20)15-6-4-3-5-7-15/h3-12,14H,2,13H2,1H3,(H,24,25). The van der Waals surface area contributed by atoms with E-state index in [1.165, 1.54) is 18.1 Å². The highest BCUT2D eigenvalue weighted by Crippen LogP contribution is 2.22. The predicted molar refractivity (Wildman–Crippen MR) is 109 cm³/mol. The third kappa shape index (κ3) is 5.40. The second-order valence-electron chi connectivity index (χ2n) is 5.74. The van der Waals surface area contributed by atoms with Crippen LogP contribution < -0.4 is 5.32 Å². The minimum Gasteiger partial charge on any atom is -0.462 e. The van der Waals surface area contributed by atoms with Gasteiger partial charge in [0.05, 0.1) is 23.6 Å². The summed E-state index contributed by atoms with van der Waals surface area (Å²) in [4.78, 5) is 32.3. The van der Waals surface area contributed by atoms with Crippen molar-refractivity contribution in [2.45, 2.75) is 11.9 Å². The molecule has 1 N–H and O–H groups in total. The Morgan fingerprint density at radius 2 is 1.79 bits per heavy atom.